The van der Waals surface area contributed by atoms with Crippen molar-refractivity contribution in [3.63, 3.8) is 0 Å². The van der Waals surface area contributed by atoms with E-state index >= 15 is 0 Å². The molecule has 0 amide bonds. The molecule has 0 aromatic heterocycles. The molecular weight excluding hydrogens is 208 g/mol. The summed E-state index contributed by atoms with van der Waals surface area (Å²) in [6.07, 6.45) is 2.50. The molecule has 2 unspecified atom stereocenters. The van der Waals surface area contributed by atoms with Crippen LogP contribution in [0.15, 0.2) is 18.2 Å². The van der Waals surface area contributed by atoms with Crippen molar-refractivity contribution in [2.75, 3.05) is 29.9 Å². The van der Waals surface area contributed by atoms with Gasteiger partial charge in [-0.25, -0.2) is 0 Å². The third-order valence-corrected chi connectivity index (χ3v) is 4.38. The first-order chi connectivity index (χ1) is 8.25. The van der Waals surface area contributed by atoms with Crippen LogP contribution in [0.2, 0.25) is 0 Å². The lowest BCUT2D eigenvalue weighted by Gasteiger charge is -2.27. The Balaban J connectivity index is 1.93. The van der Waals surface area contributed by atoms with E-state index < -0.39 is 0 Å². The SMILES string of the molecule is CC1CN(c2cccc3c2NCCC3)CC1C. The topological polar surface area (TPSA) is 15.3 Å². The molecule has 17 heavy (non-hydrogen) atoms. The van der Waals surface area contributed by atoms with Gasteiger partial charge in [0.25, 0.3) is 0 Å². The molecular formula is C15H22N2. The summed E-state index contributed by atoms with van der Waals surface area (Å²) in [4.78, 5) is 2.56. The molecule has 2 aliphatic heterocycles. The first-order valence-electron chi connectivity index (χ1n) is 6.86. The van der Waals surface area contributed by atoms with E-state index in [0.29, 0.717) is 0 Å². The molecule has 2 atom stereocenters. The fourth-order valence-corrected chi connectivity index (χ4v) is 3.08. The van der Waals surface area contributed by atoms with Crippen LogP contribution in [-0.4, -0.2) is 19.6 Å². The van der Waals surface area contributed by atoms with Crippen LogP contribution >= 0.6 is 0 Å². The van der Waals surface area contributed by atoms with Crippen molar-refractivity contribution >= 4 is 11.4 Å². The highest BCUT2D eigenvalue weighted by Crippen LogP contribution is 2.36. The van der Waals surface area contributed by atoms with E-state index in [1.165, 1.54) is 42.9 Å². The number of benzene rings is 1. The predicted molar refractivity (Wildman–Crippen MR) is 73.8 cm³/mol. The van der Waals surface area contributed by atoms with Gasteiger partial charge in [0.15, 0.2) is 0 Å². The molecule has 0 spiro atoms. The van der Waals surface area contributed by atoms with E-state index in [9.17, 15) is 0 Å². The highest BCUT2D eigenvalue weighted by molar-refractivity contribution is 5.75. The van der Waals surface area contributed by atoms with E-state index in [0.717, 1.165) is 18.4 Å². The second-order valence-electron chi connectivity index (χ2n) is 5.70. The van der Waals surface area contributed by atoms with Crippen LogP contribution in [0.1, 0.15) is 25.8 Å². The van der Waals surface area contributed by atoms with Gasteiger partial charge in [0.2, 0.25) is 0 Å². The molecule has 2 aliphatic rings. The summed E-state index contributed by atoms with van der Waals surface area (Å²) in [5.41, 5.74) is 4.33. The van der Waals surface area contributed by atoms with Gasteiger partial charge in [0, 0.05) is 19.6 Å². The van der Waals surface area contributed by atoms with Crippen molar-refractivity contribution in [2.45, 2.75) is 26.7 Å². The highest BCUT2D eigenvalue weighted by Gasteiger charge is 2.28. The Hall–Kier alpha value is -1.18. The summed E-state index contributed by atoms with van der Waals surface area (Å²) >= 11 is 0. The van der Waals surface area contributed by atoms with Gasteiger partial charge in [-0.2, -0.15) is 0 Å². The Morgan fingerprint density at radius 1 is 1.18 bits per heavy atom. The molecule has 1 aromatic rings. The molecule has 92 valence electrons. The Morgan fingerprint density at radius 3 is 2.71 bits per heavy atom. The van der Waals surface area contributed by atoms with Gasteiger partial charge in [-0.05, 0) is 36.3 Å². The normalized spacial score (nSPS) is 27.8. The van der Waals surface area contributed by atoms with Crippen molar-refractivity contribution in [1.29, 1.82) is 0 Å². The number of nitrogens with one attached hydrogen (secondary N) is 1. The largest absolute Gasteiger partial charge is 0.383 e. The van der Waals surface area contributed by atoms with Gasteiger partial charge in [0.1, 0.15) is 0 Å². The van der Waals surface area contributed by atoms with Crippen molar-refractivity contribution in [3.8, 4) is 0 Å². The number of hydrogen-bond donors (Lipinski definition) is 1. The Morgan fingerprint density at radius 2 is 1.94 bits per heavy atom. The van der Waals surface area contributed by atoms with Crippen LogP contribution in [-0.2, 0) is 6.42 Å². The summed E-state index contributed by atoms with van der Waals surface area (Å²) in [7, 11) is 0. The van der Waals surface area contributed by atoms with Crippen LogP contribution in [0.3, 0.4) is 0 Å². The maximum atomic E-state index is 3.60. The summed E-state index contributed by atoms with van der Waals surface area (Å²) in [6.45, 7) is 8.28. The van der Waals surface area contributed by atoms with Crippen LogP contribution in [0.4, 0.5) is 11.4 Å². The van der Waals surface area contributed by atoms with Crippen molar-refractivity contribution in [1.82, 2.24) is 0 Å². The molecule has 0 radical (unpaired) electrons. The van der Waals surface area contributed by atoms with Gasteiger partial charge in [-0.15, -0.1) is 0 Å². The van der Waals surface area contributed by atoms with Gasteiger partial charge in [0.05, 0.1) is 11.4 Å². The number of rotatable bonds is 1. The Labute approximate surface area is 104 Å². The molecule has 1 N–H and O–H groups in total. The third-order valence-electron chi connectivity index (χ3n) is 4.38. The highest BCUT2D eigenvalue weighted by atomic mass is 15.2. The second kappa shape index (κ2) is 4.25. The van der Waals surface area contributed by atoms with E-state index in [-0.39, 0.29) is 0 Å². The average molecular weight is 230 g/mol. The number of para-hydroxylation sites is 1. The lowest BCUT2D eigenvalue weighted by Crippen LogP contribution is -2.23. The minimum atomic E-state index is 0.814. The molecule has 1 aromatic carbocycles. The van der Waals surface area contributed by atoms with Crippen molar-refractivity contribution < 1.29 is 0 Å². The average Bonchev–Trinajstić information content (AvgIpc) is 2.69. The monoisotopic (exact) mass is 230 g/mol. The van der Waals surface area contributed by atoms with Gasteiger partial charge < -0.3 is 10.2 Å². The zero-order chi connectivity index (χ0) is 11.8. The van der Waals surface area contributed by atoms with Gasteiger partial charge in [-0.3, -0.25) is 0 Å². The first kappa shape index (κ1) is 10.9. The smallest absolute Gasteiger partial charge is 0.0610 e. The molecule has 3 rings (SSSR count). The van der Waals surface area contributed by atoms with Crippen LogP contribution in [0, 0.1) is 11.8 Å². The maximum Gasteiger partial charge on any atom is 0.0610 e. The minimum Gasteiger partial charge on any atom is -0.383 e. The fraction of sp³-hybridized carbons (Fsp3) is 0.600. The summed E-state index contributed by atoms with van der Waals surface area (Å²) in [6, 6.07) is 6.77. The summed E-state index contributed by atoms with van der Waals surface area (Å²) in [5, 5.41) is 3.60. The molecule has 1 fully saturated rings. The van der Waals surface area contributed by atoms with Crippen LogP contribution < -0.4 is 10.2 Å². The van der Waals surface area contributed by atoms with E-state index in [2.05, 4.69) is 42.3 Å². The van der Waals surface area contributed by atoms with E-state index in [1.54, 1.807) is 0 Å². The Kier molecular flexibility index (Phi) is 2.73. The standard InChI is InChI=1S/C15H22N2/c1-11-9-17(10-12(11)2)14-7-3-5-13-6-4-8-16-15(13)14/h3,5,7,11-12,16H,4,6,8-10H2,1-2H3. The zero-order valence-corrected chi connectivity index (χ0v) is 10.9. The summed E-state index contributed by atoms with van der Waals surface area (Å²) in [5.74, 6) is 1.63. The predicted octanol–water partition coefficient (Wildman–Crippen LogP) is 3.14. The molecule has 1 saturated heterocycles. The van der Waals surface area contributed by atoms with E-state index in [1.807, 2.05) is 0 Å². The number of fused-ring (bicyclic) bond motifs is 1. The number of nitrogens with zero attached hydrogens (tertiary/aromatic N) is 1. The minimum absolute atomic E-state index is 0.814. The fourth-order valence-electron chi connectivity index (χ4n) is 3.08. The Bertz CT molecular complexity index is 403. The second-order valence-corrected chi connectivity index (χ2v) is 5.70. The third kappa shape index (κ3) is 1.90. The van der Waals surface area contributed by atoms with Gasteiger partial charge >= 0.3 is 0 Å². The molecule has 2 heterocycles. The molecule has 0 saturated carbocycles. The maximum absolute atomic E-state index is 3.60. The zero-order valence-electron chi connectivity index (χ0n) is 10.9. The summed E-state index contributed by atoms with van der Waals surface area (Å²) < 4.78 is 0. The first-order valence-corrected chi connectivity index (χ1v) is 6.86. The molecule has 0 bridgehead atoms. The number of anilines is 2. The lowest BCUT2D eigenvalue weighted by molar-refractivity contribution is 0.494. The number of aryl methyl sites for hydroxylation is 1. The molecule has 0 aliphatic carbocycles. The lowest BCUT2D eigenvalue weighted by atomic mass is 10.0. The number of hydrogen-bond acceptors (Lipinski definition) is 2. The van der Waals surface area contributed by atoms with E-state index in [4.69, 9.17) is 0 Å². The molecule has 2 nitrogen and oxygen atoms in total. The molecule has 2 heteroatoms. The quantitative estimate of drug-likeness (QED) is 0.797. The van der Waals surface area contributed by atoms with Crippen LogP contribution in [0.25, 0.3) is 0 Å². The van der Waals surface area contributed by atoms with Crippen LogP contribution in [0.5, 0.6) is 0 Å². The van der Waals surface area contributed by atoms with Gasteiger partial charge in [-0.1, -0.05) is 26.0 Å². The van der Waals surface area contributed by atoms with Crippen molar-refractivity contribution in [2.24, 2.45) is 11.8 Å². The van der Waals surface area contributed by atoms with Crippen molar-refractivity contribution in [3.05, 3.63) is 23.8 Å².